The summed E-state index contributed by atoms with van der Waals surface area (Å²) in [6.45, 7) is 1.18. The summed E-state index contributed by atoms with van der Waals surface area (Å²) in [6, 6.07) is 14.9. The van der Waals surface area contributed by atoms with Crippen LogP contribution in [0.4, 0.5) is 0 Å². The number of carbonyl (C=O) groups excluding carboxylic acids is 2. The van der Waals surface area contributed by atoms with Crippen molar-refractivity contribution < 1.29 is 14.3 Å². The lowest BCUT2D eigenvalue weighted by Crippen LogP contribution is -2.35. The second-order valence-corrected chi connectivity index (χ2v) is 7.05. The van der Waals surface area contributed by atoms with Gasteiger partial charge in [0.2, 0.25) is 5.91 Å². The number of halogens is 1. The van der Waals surface area contributed by atoms with E-state index in [0.717, 1.165) is 22.9 Å². The van der Waals surface area contributed by atoms with E-state index in [1.54, 1.807) is 18.2 Å². The monoisotopic (exact) mass is 416 g/mol. The van der Waals surface area contributed by atoms with Gasteiger partial charge in [-0.1, -0.05) is 46.3 Å². The zero-order chi connectivity index (χ0) is 18.4. The molecule has 5 nitrogen and oxygen atoms in total. The van der Waals surface area contributed by atoms with Crippen molar-refractivity contribution in [2.45, 2.75) is 19.4 Å². The molecule has 0 spiro atoms. The second kappa shape index (κ2) is 8.85. The molecule has 1 saturated carbocycles. The minimum absolute atomic E-state index is 0.0800. The summed E-state index contributed by atoms with van der Waals surface area (Å²) >= 11 is 3.49. The van der Waals surface area contributed by atoms with Gasteiger partial charge >= 0.3 is 0 Å². The zero-order valence-electron chi connectivity index (χ0n) is 14.3. The van der Waals surface area contributed by atoms with Gasteiger partial charge in [-0.05, 0) is 31.0 Å². The molecule has 2 aromatic rings. The smallest absolute Gasteiger partial charge is 0.255 e. The first-order chi connectivity index (χ1) is 12.6. The summed E-state index contributed by atoms with van der Waals surface area (Å²) in [7, 11) is 0. The highest BCUT2D eigenvalue weighted by molar-refractivity contribution is 9.10. The standard InChI is InChI=1S/C20H21BrN2O3/c21-17-7-3-1-5-15(17)13-26-18-8-4-2-6-16(18)20(25)23-12-11-22-19(24)14-9-10-14/h1-8,14H,9-13H2,(H,22,24)(H,23,25). The van der Waals surface area contributed by atoms with E-state index in [4.69, 9.17) is 4.74 Å². The third kappa shape index (κ3) is 5.08. The molecule has 6 heteroatoms. The predicted molar refractivity (Wildman–Crippen MR) is 103 cm³/mol. The fraction of sp³-hybridized carbons (Fsp3) is 0.300. The summed E-state index contributed by atoms with van der Waals surface area (Å²) in [5.74, 6) is 0.574. The van der Waals surface area contributed by atoms with Crippen LogP contribution in [0.3, 0.4) is 0 Å². The highest BCUT2D eigenvalue weighted by Crippen LogP contribution is 2.28. The van der Waals surface area contributed by atoms with Crippen LogP contribution in [-0.2, 0) is 11.4 Å². The number of amides is 2. The Morgan fingerprint density at radius 1 is 1.00 bits per heavy atom. The fourth-order valence-electron chi connectivity index (χ4n) is 2.50. The highest BCUT2D eigenvalue weighted by atomic mass is 79.9. The van der Waals surface area contributed by atoms with E-state index >= 15 is 0 Å². The zero-order valence-corrected chi connectivity index (χ0v) is 15.9. The lowest BCUT2D eigenvalue weighted by molar-refractivity contribution is -0.122. The number of ether oxygens (including phenoxy) is 1. The van der Waals surface area contributed by atoms with Gasteiger partial charge in [0.25, 0.3) is 5.91 Å². The maximum absolute atomic E-state index is 12.4. The molecule has 3 rings (SSSR count). The largest absolute Gasteiger partial charge is 0.488 e. The number of carbonyl (C=O) groups is 2. The van der Waals surface area contributed by atoms with E-state index < -0.39 is 0 Å². The first kappa shape index (κ1) is 18.5. The third-order valence-electron chi connectivity index (χ3n) is 4.13. The summed E-state index contributed by atoms with van der Waals surface area (Å²) in [4.78, 5) is 24.0. The van der Waals surface area contributed by atoms with Gasteiger partial charge < -0.3 is 15.4 Å². The van der Waals surface area contributed by atoms with Crippen molar-refractivity contribution in [3.05, 3.63) is 64.1 Å². The van der Waals surface area contributed by atoms with Crippen molar-refractivity contribution in [1.29, 1.82) is 0 Å². The topological polar surface area (TPSA) is 67.4 Å². The Morgan fingerprint density at radius 2 is 1.69 bits per heavy atom. The van der Waals surface area contributed by atoms with Gasteiger partial charge in [-0.2, -0.15) is 0 Å². The Kier molecular flexibility index (Phi) is 6.28. The van der Waals surface area contributed by atoms with Crippen LogP contribution in [0, 0.1) is 5.92 Å². The highest BCUT2D eigenvalue weighted by Gasteiger charge is 2.29. The molecule has 0 atom stereocenters. The van der Waals surface area contributed by atoms with Crippen molar-refractivity contribution in [3.63, 3.8) is 0 Å². The van der Waals surface area contributed by atoms with Crippen LogP contribution in [0.1, 0.15) is 28.8 Å². The van der Waals surface area contributed by atoms with E-state index in [9.17, 15) is 9.59 Å². The molecule has 1 aliphatic carbocycles. The Morgan fingerprint density at radius 3 is 2.46 bits per heavy atom. The summed E-state index contributed by atoms with van der Waals surface area (Å²) < 4.78 is 6.81. The third-order valence-corrected chi connectivity index (χ3v) is 4.90. The summed E-state index contributed by atoms with van der Waals surface area (Å²) in [6.07, 6.45) is 1.95. The number of rotatable bonds is 8. The van der Waals surface area contributed by atoms with Crippen molar-refractivity contribution in [3.8, 4) is 5.75 Å². The quantitative estimate of drug-likeness (QED) is 0.648. The van der Waals surface area contributed by atoms with E-state index in [-0.39, 0.29) is 17.7 Å². The van der Waals surface area contributed by atoms with Crippen LogP contribution < -0.4 is 15.4 Å². The Bertz CT molecular complexity index is 790. The summed E-state index contributed by atoms with van der Waals surface area (Å²) in [5, 5.41) is 5.65. The molecule has 0 bridgehead atoms. The average Bonchev–Trinajstić information content (AvgIpc) is 3.50. The Balaban J connectivity index is 1.53. The lowest BCUT2D eigenvalue weighted by Gasteiger charge is -2.12. The van der Waals surface area contributed by atoms with Crippen LogP contribution in [0.25, 0.3) is 0 Å². The van der Waals surface area contributed by atoms with Gasteiger partial charge in [0.15, 0.2) is 0 Å². The normalized spacial score (nSPS) is 13.1. The van der Waals surface area contributed by atoms with Crippen LogP contribution in [-0.4, -0.2) is 24.9 Å². The molecule has 0 radical (unpaired) electrons. The molecule has 2 amide bonds. The Hall–Kier alpha value is -2.34. The average molecular weight is 417 g/mol. The van der Waals surface area contributed by atoms with E-state index in [1.165, 1.54) is 0 Å². The van der Waals surface area contributed by atoms with E-state index in [2.05, 4.69) is 26.6 Å². The molecule has 2 aromatic carbocycles. The maximum Gasteiger partial charge on any atom is 0.255 e. The van der Waals surface area contributed by atoms with Gasteiger partial charge in [-0.15, -0.1) is 0 Å². The fourth-order valence-corrected chi connectivity index (χ4v) is 2.90. The lowest BCUT2D eigenvalue weighted by atomic mass is 10.2. The second-order valence-electron chi connectivity index (χ2n) is 6.20. The van der Waals surface area contributed by atoms with E-state index in [0.29, 0.717) is 31.0 Å². The number of benzene rings is 2. The molecule has 1 aliphatic rings. The molecular formula is C20H21BrN2O3. The van der Waals surface area contributed by atoms with Crippen LogP contribution >= 0.6 is 15.9 Å². The van der Waals surface area contributed by atoms with Gasteiger partial charge in [-0.3, -0.25) is 9.59 Å². The van der Waals surface area contributed by atoms with Gasteiger partial charge in [0.05, 0.1) is 5.56 Å². The number of hydrogen-bond acceptors (Lipinski definition) is 3. The molecule has 1 fully saturated rings. The molecule has 2 N–H and O–H groups in total. The molecule has 0 unspecified atom stereocenters. The SMILES string of the molecule is O=C(NCCNC(=O)C1CC1)c1ccccc1OCc1ccccc1Br. The number of para-hydroxylation sites is 1. The van der Waals surface area contributed by atoms with Crippen LogP contribution in [0.15, 0.2) is 53.0 Å². The summed E-state index contributed by atoms with van der Waals surface area (Å²) in [5.41, 5.74) is 1.48. The molecule has 0 heterocycles. The van der Waals surface area contributed by atoms with Crippen molar-refractivity contribution >= 4 is 27.7 Å². The van der Waals surface area contributed by atoms with Crippen molar-refractivity contribution in [1.82, 2.24) is 10.6 Å². The predicted octanol–water partition coefficient (Wildman–Crippen LogP) is 3.28. The Labute approximate surface area is 161 Å². The first-order valence-electron chi connectivity index (χ1n) is 8.66. The minimum atomic E-state index is -0.214. The maximum atomic E-state index is 12.4. The van der Waals surface area contributed by atoms with Gasteiger partial charge in [0.1, 0.15) is 12.4 Å². The minimum Gasteiger partial charge on any atom is -0.488 e. The van der Waals surface area contributed by atoms with Gasteiger partial charge in [-0.25, -0.2) is 0 Å². The number of nitrogens with one attached hydrogen (secondary N) is 2. The molecule has 136 valence electrons. The molecular weight excluding hydrogens is 396 g/mol. The molecule has 0 saturated heterocycles. The van der Waals surface area contributed by atoms with Crippen molar-refractivity contribution in [2.24, 2.45) is 5.92 Å². The van der Waals surface area contributed by atoms with E-state index in [1.807, 2.05) is 30.3 Å². The number of hydrogen-bond donors (Lipinski definition) is 2. The first-order valence-corrected chi connectivity index (χ1v) is 9.45. The molecule has 26 heavy (non-hydrogen) atoms. The molecule has 0 aliphatic heterocycles. The van der Waals surface area contributed by atoms with Crippen molar-refractivity contribution in [2.75, 3.05) is 13.1 Å². The van der Waals surface area contributed by atoms with Crippen LogP contribution in [0.5, 0.6) is 5.75 Å². The van der Waals surface area contributed by atoms with Gasteiger partial charge in [0, 0.05) is 29.0 Å². The van der Waals surface area contributed by atoms with Crippen LogP contribution in [0.2, 0.25) is 0 Å². The molecule has 0 aromatic heterocycles.